The van der Waals surface area contributed by atoms with Crippen LogP contribution in [0.5, 0.6) is 0 Å². The van der Waals surface area contributed by atoms with Gasteiger partial charge in [-0.1, -0.05) is 30.3 Å². The molecule has 0 fully saturated rings. The van der Waals surface area contributed by atoms with Gasteiger partial charge >= 0.3 is 0 Å². The van der Waals surface area contributed by atoms with Crippen LogP contribution >= 0.6 is 0 Å². The van der Waals surface area contributed by atoms with E-state index in [1.54, 1.807) is 0 Å². The van der Waals surface area contributed by atoms with Crippen LogP contribution in [-0.2, 0) is 0 Å². The van der Waals surface area contributed by atoms with Crippen molar-refractivity contribution in [1.29, 1.82) is 0 Å². The first-order chi connectivity index (χ1) is 4.84. The molecule has 0 amide bonds. The summed E-state index contributed by atoms with van der Waals surface area (Å²) in [6.45, 7) is 0. The second-order valence-electron chi connectivity index (χ2n) is 2.33. The highest BCUT2D eigenvalue weighted by Crippen LogP contribution is 1.83. The predicted molar refractivity (Wildman–Crippen MR) is 53.9 cm³/mol. The second kappa shape index (κ2) is 3.87. The maximum absolute atomic E-state index is 9.56. The Labute approximate surface area is 67.6 Å². The Morgan fingerprint density at radius 3 is 2.40 bits per heavy atom. The fraction of sp³-hybridized carbons (Fsp3) is 0. The van der Waals surface area contributed by atoms with Gasteiger partial charge in [0.25, 0.3) is 0 Å². The van der Waals surface area contributed by atoms with Crippen LogP contribution < -0.4 is 5.19 Å². The zero-order valence-corrected chi connectivity index (χ0v) is 10.7. The van der Waals surface area contributed by atoms with E-state index in [1.165, 1.54) is 14.9 Å². The third kappa shape index (κ3) is 1.91. The van der Waals surface area contributed by atoms with Crippen molar-refractivity contribution < 1.29 is 4.80 Å². The van der Waals surface area contributed by atoms with Crippen LogP contribution in [0.1, 0.15) is 0 Å². The first kappa shape index (κ1) is 7.93. The van der Waals surface area contributed by atoms with E-state index in [4.69, 9.17) is 0 Å². The molecule has 1 rings (SSSR count). The summed E-state index contributed by atoms with van der Waals surface area (Å²) >= 11 is 0. The fourth-order valence-corrected chi connectivity index (χ4v) is 8.52. The summed E-state index contributed by atoms with van der Waals surface area (Å²) in [5, 5.41) is 1.24. The van der Waals surface area contributed by atoms with Gasteiger partial charge in [0.15, 0.2) is 8.56 Å². The van der Waals surface area contributed by atoms with Gasteiger partial charge in [0.05, 0.1) is 0 Å². The Hall–Kier alpha value is -0.169. The number of rotatable bonds is 2. The average molecular weight is 184 g/mol. The largest absolute Gasteiger partial charge is 0.434 e. The van der Waals surface area contributed by atoms with Crippen LogP contribution in [0.15, 0.2) is 30.3 Å². The quantitative estimate of drug-likeness (QED) is 0.506. The zero-order chi connectivity index (χ0) is 7.40. The van der Waals surface area contributed by atoms with Crippen molar-refractivity contribution in [3.63, 3.8) is 0 Å². The van der Waals surface area contributed by atoms with Crippen LogP contribution in [0.2, 0.25) is 0 Å². The molecule has 0 aliphatic rings. The average Bonchev–Trinajstić information content (AvgIpc) is 2.05. The van der Waals surface area contributed by atoms with Gasteiger partial charge in [0, 0.05) is 8.55 Å². The number of benzene rings is 1. The highest BCUT2D eigenvalue weighted by Gasteiger charge is 2.04. The van der Waals surface area contributed by atoms with Crippen molar-refractivity contribution in [3.05, 3.63) is 30.3 Å². The van der Waals surface area contributed by atoms with Gasteiger partial charge in [0.1, 0.15) is 0 Å². The molecule has 1 atom stereocenters. The highest BCUT2D eigenvalue weighted by atomic mass is 29.5. The van der Waals surface area contributed by atoms with Gasteiger partial charge in [-0.25, -0.2) is 0 Å². The summed E-state index contributed by atoms with van der Waals surface area (Å²) in [7, 11) is -0.107. The molecule has 0 bridgehead atoms. The molecule has 1 unspecified atom stereocenters. The lowest BCUT2D eigenvalue weighted by molar-refractivity contribution is 0.607. The van der Waals surface area contributed by atoms with E-state index in [9.17, 15) is 4.80 Å². The van der Waals surface area contributed by atoms with Crippen molar-refractivity contribution in [3.8, 4) is 0 Å². The molecule has 0 heterocycles. The minimum atomic E-state index is -1.34. The Morgan fingerprint density at radius 1 is 1.30 bits per heavy atom. The fourth-order valence-electron chi connectivity index (χ4n) is 0.911. The molecule has 0 aliphatic carbocycles. The molecular formula is C6H12OSi3. The summed E-state index contributed by atoms with van der Waals surface area (Å²) in [6, 6.07) is 10.1. The van der Waals surface area contributed by atoms with Gasteiger partial charge in [-0.15, -0.1) is 0 Å². The monoisotopic (exact) mass is 184 g/mol. The molecule has 1 nitrogen and oxygen atoms in total. The third-order valence-corrected chi connectivity index (χ3v) is 14.2. The lowest BCUT2D eigenvalue weighted by Gasteiger charge is -2.03. The molecule has 0 aromatic heterocycles. The third-order valence-electron chi connectivity index (χ3n) is 1.57. The summed E-state index contributed by atoms with van der Waals surface area (Å²) in [4.78, 5) is 9.56. The minimum Gasteiger partial charge on any atom is -0.434 e. The van der Waals surface area contributed by atoms with Crippen molar-refractivity contribution in [1.82, 2.24) is 0 Å². The highest BCUT2D eigenvalue weighted by molar-refractivity contribution is 7.32. The summed E-state index contributed by atoms with van der Waals surface area (Å²) in [5.74, 6) is 0. The van der Waals surface area contributed by atoms with E-state index in [2.05, 4.69) is 12.1 Å². The molecule has 0 saturated carbocycles. The smallest absolute Gasteiger partial charge is 0.180 e. The van der Waals surface area contributed by atoms with Gasteiger partial charge in [-0.2, -0.15) is 0 Å². The molecule has 10 heavy (non-hydrogen) atoms. The van der Waals surface area contributed by atoms with Crippen LogP contribution in [-0.4, -0.2) is 31.7 Å². The molecule has 0 saturated heterocycles. The Balaban J connectivity index is 2.75. The molecule has 1 aromatic rings. The van der Waals surface area contributed by atoms with E-state index in [0.717, 1.165) is 0 Å². The molecular weight excluding hydrogens is 172 g/mol. The maximum atomic E-state index is 9.56. The van der Waals surface area contributed by atoms with E-state index in [0.29, 0.717) is 0 Å². The summed E-state index contributed by atoms with van der Waals surface area (Å²) < 4.78 is 0. The summed E-state index contributed by atoms with van der Waals surface area (Å²) in [6.07, 6.45) is 0. The molecule has 1 aromatic carbocycles. The Kier molecular flexibility index (Phi) is 3.07. The predicted octanol–water partition coefficient (Wildman–Crippen LogP) is -2.44. The van der Waals surface area contributed by atoms with Crippen LogP contribution in [0.3, 0.4) is 0 Å². The second-order valence-corrected chi connectivity index (χ2v) is 17.0. The number of hydrogen-bond donors (Lipinski definition) is 1. The van der Waals surface area contributed by atoms with Crippen LogP contribution in [0.4, 0.5) is 0 Å². The lowest BCUT2D eigenvalue weighted by atomic mass is 10.4. The van der Waals surface area contributed by atoms with E-state index < -0.39 is 8.56 Å². The Morgan fingerprint density at radius 2 is 1.90 bits per heavy atom. The Bertz CT molecular complexity index is 189. The molecule has 4 heteroatoms. The van der Waals surface area contributed by atoms with E-state index in [-0.39, 0.29) is 8.55 Å². The lowest BCUT2D eigenvalue weighted by Crippen LogP contribution is -2.36. The van der Waals surface area contributed by atoms with Crippen LogP contribution in [0.25, 0.3) is 0 Å². The van der Waals surface area contributed by atoms with Gasteiger partial charge in [0.2, 0.25) is 0 Å². The van der Waals surface area contributed by atoms with Crippen molar-refractivity contribution in [2.24, 2.45) is 0 Å². The normalized spacial score (nSPS) is 14.5. The summed E-state index contributed by atoms with van der Waals surface area (Å²) in [5.41, 5.74) is 0. The van der Waals surface area contributed by atoms with Crippen LogP contribution in [0, 0.1) is 0 Å². The molecule has 1 N–H and O–H groups in total. The maximum Gasteiger partial charge on any atom is 0.180 e. The standard InChI is InChI=1S/C6H12OSi3/c7-10(9-8)6-4-2-1-3-5-6/h1-5,7,10H,9H2,8H3. The van der Waals surface area contributed by atoms with Gasteiger partial charge in [-0.3, -0.25) is 0 Å². The van der Waals surface area contributed by atoms with Gasteiger partial charge < -0.3 is 4.80 Å². The van der Waals surface area contributed by atoms with E-state index in [1.807, 2.05) is 18.2 Å². The molecule has 0 radical (unpaired) electrons. The van der Waals surface area contributed by atoms with Crippen molar-refractivity contribution in [2.45, 2.75) is 0 Å². The van der Waals surface area contributed by atoms with E-state index >= 15 is 0 Å². The minimum absolute atomic E-state index is 0.0266. The van der Waals surface area contributed by atoms with Crippen molar-refractivity contribution >= 4 is 32.1 Å². The van der Waals surface area contributed by atoms with Crippen molar-refractivity contribution in [2.75, 3.05) is 0 Å². The molecule has 0 aliphatic heterocycles. The first-order valence-electron chi connectivity index (χ1n) is 3.57. The zero-order valence-electron chi connectivity index (χ0n) is 6.12. The van der Waals surface area contributed by atoms with Gasteiger partial charge in [-0.05, 0) is 14.9 Å². The number of hydrogen-bond acceptors (Lipinski definition) is 1. The topological polar surface area (TPSA) is 20.2 Å². The molecule has 54 valence electrons. The first-order valence-corrected chi connectivity index (χ1v) is 13.6. The molecule has 0 spiro atoms. The SMILES string of the molecule is O[SiH]([SiH2][SiH3])c1ccccc1.